The first-order valence-corrected chi connectivity index (χ1v) is 10.4. The molecule has 0 radical (unpaired) electrons. The molecule has 2 aromatic rings. The predicted octanol–water partition coefficient (Wildman–Crippen LogP) is 3.84. The van der Waals surface area contributed by atoms with Crippen molar-refractivity contribution in [1.29, 1.82) is 0 Å². The van der Waals surface area contributed by atoms with E-state index >= 15 is 0 Å². The molecule has 6 heteroatoms. The second-order valence-corrected chi connectivity index (χ2v) is 7.56. The second kappa shape index (κ2) is 10.7. The molecule has 3 N–H and O–H groups in total. The SMILES string of the molecule is CCNC(=NCc1cccc(C(=O)NC(C)CC)c1)NCc1sccc1C. The molecular weight excluding hydrogens is 356 g/mol. The van der Waals surface area contributed by atoms with Gasteiger partial charge in [-0.1, -0.05) is 19.1 Å². The van der Waals surface area contributed by atoms with Gasteiger partial charge in [0.25, 0.3) is 5.91 Å². The van der Waals surface area contributed by atoms with Gasteiger partial charge in [-0.3, -0.25) is 4.79 Å². The minimum atomic E-state index is -0.0339. The number of aryl methyl sites for hydroxylation is 1. The summed E-state index contributed by atoms with van der Waals surface area (Å²) in [7, 11) is 0. The number of carbonyl (C=O) groups is 1. The van der Waals surface area contributed by atoms with Gasteiger partial charge in [-0.15, -0.1) is 11.3 Å². The molecule has 5 nitrogen and oxygen atoms in total. The summed E-state index contributed by atoms with van der Waals surface area (Å²) >= 11 is 1.75. The summed E-state index contributed by atoms with van der Waals surface area (Å²) in [4.78, 5) is 18.3. The van der Waals surface area contributed by atoms with Crippen molar-refractivity contribution in [2.75, 3.05) is 6.54 Å². The summed E-state index contributed by atoms with van der Waals surface area (Å²) in [5.74, 6) is 0.744. The standard InChI is InChI=1S/C21H30N4OS/c1-5-16(4)25-20(26)18-9-7-8-17(12-18)13-23-21(22-6-2)24-14-19-15(3)10-11-27-19/h7-12,16H,5-6,13-14H2,1-4H3,(H,25,26)(H2,22,23,24). The van der Waals surface area contributed by atoms with E-state index in [1.54, 1.807) is 11.3 Å². The van der Waals surface area contributed by atoms with E-state index in [1.165, 1.54) is 10.4 Å². The Bertz CT molecular complexity index is 769. The first-order chi connectivity index (χ1) is 13.0. The third kappa shape index (κ3) is 6.71. The maximum Gasteiger partial charge on any atom is 0.251 e. The number of thiophene rings is 1. The van der Waals surface area contributed by atoms with Gasteiger partial charge in [0, 0.05) is 23.0 Å². The highest BCUT2D eigenvalue weighted by molar-refractivity contribution is 7.10. The minimum Gasteiger partial charge on any atom is -0.357 e. The van der Waals surface area contributed by atoms with Gasteiger partial charge >= 0.3 is 0 Å². The summed E-state index contributed by atoms with van der Waals surface area (Å²) in [6, 6.07) is 9.95. The Hall–Kier alpha value is -2.34. The van der Waals surface area contributed by atoms with Crippen LogP contribution in [0.3, 0.4) is 0 Å². The fourth-order valence-corrected chi connectivity index (χ4v) is 3.33. The van der Waals surface area contributed by atoms with Crippen molar-refractivity contribution in [2.45, 2.75) is 53.2 Å². The summed E-state index contributed by atoms with van der Waals surface area (Å²) < 4.78 is 0. The summed E-state index contributed by atoms with van der Waals surface area (Å²) in [5, 5.41) is 11.8. The Kier molecular flexibility index (Phi) is 8.33. The molecule has 0 fully saturated rings. The lowest BCUT2D eigenvalue weighted by atomic mass is 10.1. The molecule has 0 aliphatic rings. The van der Waals surface area contributed by atoms with Gasteiger partial charge in [0.15, 0.2) is 5.96 Å². The van der Waals surface area contributed by atoms with E-state index in [1.807, 2.05) is 38.1 Å². The summed E-state index contributed by atoms with van der Waals surface area (Å²) in [6.45, 7) is 10.3. The van der Waals surface area contributed by atoms with Crippen molar-refractivity contribution in [3.63, 3.8) is 0 Å². The van der Waals surface area contributed by atoms with Crippen molar-refractivity contribution in [2.24, 2.45) is 4.99 Å². The highest BCUT2D eigenvalue weighted by Crippen LogP contribution is 2.14. The lowest BCUT2D eigenvalue weighted by Crippen LogP contribution is -2.36. The largest absolute Gasteiger partial charge is 0.357 e. The average molecular weight is 387 g/mol. The Labute approximate surface area is 166 Å². The molecule has 1 unspecified atom stereocenters. The molecule has 0 saturated heterocycles. The number of carbonyl (C=O) groups excluding carboxylic acids is 1. The van der Waals surface area contributed by atoms with E-state index in [4.69, 9.17) is 0 Å². The number of nitrogens with one attached hydrogen (secondary N) is 3. The van der Waals surface area contributed by atoms with Crippen molar-refractivity contribution in [3.8, 4) is 0 Å². The van der Waals surface area contributed by atoms with Crippen molar-refractivity contribution < 1.29 is 4.79 Å². The van der Waals surface area contributed by atoms with Crippen LogP contribution in [0.15, 0.2) is 40.7 Å². The van der Waals surface area contributed by atoms with E-state index in [9.17, 15) is 4.79 Å². The molecule has 2 rings (SSSR count). The van der Waals surface area contributed by atoms with Gasteiger partial charge in [0.05, 0.1) is 13.1 Å². The van der Waals surface area contributed by atoms with E-state index in [-0.39, 0.29) is 11.9 Å². The predicted molar refractivity (Wildman–Crippen MR) is 114 cm³/mol. The van der Waals surface area contributed by atoms with Crippen LogP contribution in [-0.4, -0.2) is 24.5 Å². The monoisotopic (exact) mass is 386 g/mol. The van der Waals surface area contributed by atoms with Crippen LogP contribution < -0.4 is 16.0 Å². The molecule has 27 heavy (non-hydrogen) atoms. The van der Waals surface area contributed by atoms with Gasteiger partial charge in [-0.2, -0.15) is 0 Å². The van der Waals surface area contributed by atoms with Crippen LogP contribution in [0.25, 0.3) is 0 Å². The number of nitrogens with zero attached hydrogens (tertiary/aromatic N) is 1. The maximum atomic E-state index is 12.3. The van der Waals surface area contributed by atoms with Crippen molar-refractivity contribution >= 4 is 23.2 Å². The Balaban J connectivity index is 2.01. The third-order valence-corrected chi connectivity index (χ3v) is 5.35. The molecule has 1 heterocycles. The van der Waals surface area contributed by atoms with Gasteiger partial charge in [-0.25, -0.2) is 4.99 Å². The fraction of sp³-hybridized carbons (Fsp3) is 0.429. The molecule has 0 aliphatic carbocycles. The van der Waals surface area contributed by atoms with E-state index in [2.05, 4.69) is 46.2 Å². The number of hydrogen-bond donors (Lipinski definition) is 3. The number of benzene rings is 1. The zero-order valence-electron chi connectivity index (χ0n) is 16.6. The normalized spacial score (nSPS) is 12.5. The van der Waals surface area contributed by atoms with E-state index in [0.29, 0.717) is 12.1 Å². The van der Waals surface area contributed by atoms with Crippen LogP contribution in [-0.2, 0) is 13.1 Å². The first-order valence-electron chi connectivity index (χ1n) is 9.48. The molecule has 1 amide bonds. The van der Waals surface area contributed by atoms with Gasteiger partial charge in [0.2, 0.25) is 0 Å². The quantitative estimate of drug-likeness (QED) is 0.477. The van der Waals surface area contributed by atoms with E-state index < -0.39 is 0 Å². The van der Waals surface area contributed by atoms with Gasteiger partial charge in [-0.05, 0) is 61.9 Å². The van der Waals surface area contributed by atoms with Crippen molar-refractivity contribution in [1.82, 2.24) is 16.0 Å². The Morgan fingerprint density at radius 1 is 1.22 bits per heavy atom. The van der Waals surface area contributed by atoms with Crippen LogP contribution in [0.5, 0.6) is 0 Å². The number of hydrogen-bond acceptors (Lipinski definition) is 3. The van der Waals surface area contributed by atoms with Gasteiger partial charge < -0.3 is 16.0 Å². The molecule has 1 aromatic carbocycles. The molecule has 1 atom stereocenters. The van der Waals surface area contributed by atoms with Crippen LogP contribution in [0.2, 0.25) is 0 Å². The fourth-order valence-electron chi connectivity index (χ4n) is 2.48. The smallest absolute Gasteiger partial charge is 0.251 e. The highest BCUT2D eigenvalue weighted by Gasteiger charge is 2.09. The lowest BCUT2D eigenvalue weighted by molar-refractivity contribution is 0.0939. The molecule has 1 aromatic heterocycles. The Morgan fingerprint density at radius 3 is 2.70 bits per heavy atom. The lowest BCUT2D eigenvalue weighted by Gasteiger charge is -2.12. The maximum absolute atomic E-state index is 12.3. The topological polar surface area (TPSA) is 65.5 Å². The molecule has 146 valence electrons. The van der Waals surface area contributed by atoms with Crippen LogP contribution in [0, 0.1) is 6.92 Å². The highest BCUT2D eigenvalue weighted by atomic mass is 32.1. The van der Waals surface area contributed by atoms with Crippen LogP contribution in [0.1, 0.15) is 53.6 Å². The second-order valence-electron chi connectivity index (χ2n) is 6.56. The van der Waals surface area contributed by atoms with Gasteiger partial charge in [0.1, 0.15) is 0 Å². The molecule has 0 bridgehead atoms. The molecular formula is C21H30N4OS. The number of rotatable bonds is 8. The number of guanidine groups is 1. The average Bonchev–Trinajstić information content (AvgIpc) is 3.09. The molecule has 0 spiro atoms. The molecule has 0 aliphatic heterocycles. The first kappa shape index (κ1) is 21.0. The molecule has 0 saturated carbocycles. The Morgan fingerprint density at radius 2 is 2.04 bits per heavy atom. The minimum absolute atomic E-state index is 0.0339. The summed E-state index contributed by atoms with van der Waals surface area (Å²) in [5.41, 5.74) is 2.98. The van der Waals surface area contributed by atoms with Crippen LogP contribution in [0.4, 0.5) is 0 Å². The number of amides is 1. The zero-order valence-corrected chi connectivity index (χ0v) is 17.5. The summed E-state index contributed by atoms with van der Waals surface area (Å²) in [6.07, 6.45) is 0.914. The van der Waals surface area contributed by atoms with Crippen molar-refractivity contribution in [3.05, 3.63) is 57.3 Å². The van der Waals surface area contributed by atoms with Crippen LogP contribution >= 0.6 is 11.3 Å². The number of aliphatic imine (C=N–C) groups is 1. The van der Waals surface area contributed by atoms with E-state index in [0.717, 1.165) is 31.0 Å². The third-order valence-electron chi connectivity index (χ3n) is 4.33. The zero-order chi connectivity index (χ0) is 19.6.